The number of hydrogen-bond donors (Lipinski definition) is 0. The van der Waals surface area contributed by atoms with Crippen LogP contribution >= 0.6 is 0 Å². The van der Waals surface area contributed by atoms with E-state index in [1.165, 1.54) is 4.90 Å². The molecule has 0 saturated carbocycles. The predicted octanol–water partition coefficient (Wildman–Crippen LogP) is 0.976. The molecular formula is C8H9NO2. The van der Waals surface area contributed by atoms with Crippen molar-refractivity contribution in [3.05, 3.63) is 12.2 Å². The number of ether oxygens (including phenoxy) is 1. The Kier molecular flexibility index (Phi) is 2.56. The van der Waals surface area contributed by atoms with Crippen molar-refractivity contribution in [1.82, 2.24) is 4.90 Å². The Morgan fingerprint density at radius 1 is 1.73 bits per heavy atom. The Hall–Kier alpha value is -1.43. The highest BCUT2D eigenvalue weighted by molar-refractivity contribution is 5.71. The third-order valence-electron chi connectivity index (χ3n) is 1.21. The van der Waals surface area contributed by atoms with E-state index in [1.54, 1.807) is 6.08 Å². The number of allylic oxidation sites excluding steroid dienone is 2. The van der Waals surface area contributed by atoms with Crippen molar-refractivity contribution >= 4 is 6.09 Å². The van der Waals surface area contributed by atoms with Crippen LogP contribution in [0.3, 0.4) is 0 Å². The molecule has 0 radical (unpaired) electrons. The number of hydrogen-bond acceptors (Lipinski definition) is 2. The molecular weight excluding hydrogens is 142 g/mol. The molecule has 1 aliphatic rings. The zero-order chi connectivity index (χ0) is 8.10. The minimum atomic E-state index is -0.345. The molecule has 1 heterocycles. The molecule has 3 heteroatoms. The van der Waals surface area contributed by atoms with Crippen LogP contribution < -0.4 is 0 Å². The SMILES string of the molecule is CC=CC#CN1CCOC1=O. The molecule has 0 aromatic rings. The van der Waals surface area contributed by atoms with Gasteiger partial charge < -0.3 is 4.74 Å². The molecule has 1 aliphatic heterocycles. The summed E-state index contributed by atoms with van der Waals surface area (Å²) >= 11 is 0. The lowest BCUT2D eigenvalue weighted by molar-refractivity contribution is 0.167. The van der Waals surface area contributed by atoms with Crippen molar-refractivity contribution in [3.63, 3.8) is 0 Å². The van der Waals surface area contributed by atoms with Crippen LogP contribution in [0.4, 0.5) is 4.79 Å². The number of carbonyl (C=O) groups is 1. The smallest absolute Gasteiger partial charge is 0.421 e. The summed E-state index contributed by atoms with van der Waals surface area (Å²) in [6, 6.07) is 2.65. The van der Waals surface area contributed by atoms with Gasteiger partial charge in [-0.05, 0) is 13.0 Å². The molecule has 0 aromatic heterocycles. The van der Waals surface area contributed by atoms with Crippen LogP contribution in [-0.4, -0.2) is 24.1 Å². The Morgan fingerprint density at radius 2 is 2.55 bits per heavy atom. The summed E-state index contributed by atoms with van der Waals surface area (Å²) < 4.78 is 4.66. The maximum Gasteiger partial charge on any atom is 0.421 e. The average Bonchev–Trinajstić information content (AvgIpc) is 2.37. The summed E-state index contributed by atoms with van der Waals surface area (Å²) in [5, 5.41) is 0. The highest BCUT2D eigenvalue weighted by atomic mass is 16.6. The molecule has 1 rings (SSSR count). The Labute approximate surface area is 65.6 Å². The van der Waals surface area contributed by atoms with Gasteiger partial charge in [0, 0.05) is 6.04 Å². The van der Waals surface area contributed by atoms with Crippen LogP contribution in [0.2, 0.25) is 0 Å². The van der Waals surface area contributed by atoms with E-state index in [-0.39, 0.29) is 6.09 Å². The number of nitrogens with zero attached hydrogens (tertiary/aromatic N) is 1. The predicted molar refractivity (Wildman–Crippen MR) is 40.6 cm³/mol. The van der Waals surface area contributed by atoms with Crippen LogP contribution in [0.25, 0.3) is 0 Å². The highest BCUT2D eigenvalue weighted by Crippen LogP contribution is 1.99. The largest absolute Gasteiger partial charge is 0.447 e. The first kappa shape index (κ1) is 7.67. The average molecular weight is 151 g/mol. The van der Waals surface area contributed by atoms with Crippen molar-refractivity contribution in [3.8, 4) is 12.0 Å². The monoisotopic (exact) mass is 151 g/mol. The maximum atomic E-state index is 10.7. The number of amides is 1. The fourth-order valence-corrected chi connectivity index (χ4v) is 0.694. The minimum absolute atomic E-state index is 0.345. The van der Waals surface area contributed by atoms with Gasteiger partial charge in [0.15, 0.2) is 0 Å². The Bertz CT molecular complexity index is 234. The van der Waals surface area contributed by atoms with E-state index in [2.05, 4.69) is 16.7 Å². The molecule has 0 spiro atoms. The van der Waals surface area contributed by atoms with E-state index < -0.39 is 0 Å². The van der Waals surface area contributed by atoms with E-state index in [9.17, 15) is 4.79 Å². The van der Waals surface area contributed by atoms with Crippen LogP contribution in [0, 0.1) is 12.0 Å². The second-order valence-electron chi connectivity index (χ2n) is 2.02. The van der Waals surface area contributed by atoms with Gasteiger partial charge in [0.05, 0.1) is 6.54 Å². The van der Waals surface area contributed by atoms with Gasteiger partial charge in [-0.3, -0.25) is 0 Å². The van der Waals surface area contributed by atoms with Crippen LogP contribution in [0.1, 0.15) is 6.92 Å². The van der Waals surface area contributed by atoms with Crippen molar-refractivity contribution in [2.75, 3.05) is 13.2 Å². The summed E-state index contributed by atoms with van der Waals surface area (Å²) in [6.45, 7) is 2.89. The first-order valence-corrected chi connectivity index (χ1v) is 3.41. The lowest BCUT2D eigenvalue weighted by atomic mass is 10.5. The molecule has 1 amide bonds. The third kappa shape index (κ3) is 2.01. The molecule has 1 saturated heterocycles. The molecule has 0 bridgehead atoms. The van der Waals surface area contributed by atoms with Gasteiger partial charge in [0.1, 0.15) is 6.61 Å². The number of cyclic esters (lactones) is 1. The molecule has 0 atom stereocenters. The van der Waals surface area contributed by atoms with Gasteiger partial charge >= 0.3 is 6.09 Å². The van der Waals surface area contributed by atoms with Gasteiger partial charge in [-0.2, -0.15) is 0 Å². The molecule has 1 fully saturated rings. The standard InChI is InChI=1S/C8H9NO2/c1-2-3-4-5-9-6-7-11-8(9)10/h2-3H,6-7H2,1H3. The first-order chi connectivity index (χ1) is 5.34. The molecule has 58 valence electrons. The summed E-state index contributed by atoms with van der Waals surface area (Å²) in [6.07, 6.45) is 3.15. The van der Waals surface area contributed by atoms with Crippen LogP contribution in [-0.2, 0) is 4.74 Å². The third-order valence-corrected chi connectivity index (χ3v) is 1.21. The minimum Gasteiger partial charge on any atom is -0.447 e. The number of carbonyl (C=O) groups excluding carboxylic acids is 1. The molecule has 0 N–H and O–H groups in total. The van der Waals surface area contributed by atoms with Crippen molar-refractivity contribution in [2.24, 2.45) is 0 Å². The summed E-state index contributed by atoms with van der Waals surface area (Å²) in [5.74, 6) is 2.70. The lowest BCUT2D eigenvalue weighted by Crippen LogP contribution is -2.17. The van der Waals surface area contributed by atoms with E-state index in [0.29, 0.717) is 13.2 Å². The molecule has 3 nitrogen and oxygen atoms in total. The Balaban J connectivity index is 2.50. The fraction of sp³-hybridized carbons (Fsp3) is 0.375. The molecule has 0 aliphatic carbocycles. The van der Waals surface area contributed by atoms with Gasteiger partial charge in [0.25, 0.3) is 0 Å². The van der Waals surface area contributed by atoms with E-state index in [4.69, 9.17) is 0 Å². The quantitative estimate of drug-likeness (QED) is 0.483. The molecule has 0 unspecified atom stereocenters. The molecule has 0 aromatic carbocycles. The lowest BCUT2D eigenvalue weighted by Gasteiger charge is -1.98. The van der Waals surface area contributed by atoms with Gasteiger partial charge in [-0.15, -0.1) is 0 Å². The fourth-order valence-electron chi connectivity index (χ4n) is 0.694. The highest BCUT2D eigenvalue weighted by Gasteiger charge is 2.19. The van der Waals surface area contributed by atoms with Crippen molar-refractivity contribution in [1.29, 1.82) is 0 Å². The van der Waals surface area contributed by atoms with E-state index in [0.717, 1.165) is 0 Å². The van der Waals surface area contributed by atoms with Crippen molar-refractivity contribution in [2.45, 2.75) is 6.92 Å². The van der Waals surface area contributed by atoms with E-state index >= 15 is 0 Å². The first-order valence-electron chi connectivity index (χ1n) is 3.41. The maximum absolute atomic E-state index is 10.7. The van der Waals surface area contributed by atoms with Crippen molar-refractivity contribution < 1.29 is 9.53 Å². The number of rotatable bonds is 0. The van der Waals surface area contributed by atoms with Gasteiger partial charge in [0.2, 0.25) is 0 Å². The topological polar surface area (TPSA) is 29.5 Å². The summed E-state index contributed by atoms with van der Waals surface area (Å²) in [7, 11) is 0. The summed E-state index contributed by atoms with van der Waals surface area (Å²) in [5.41, 5.74) is 0. The van der Waals surface area contributed by atoms with E-state index in [1.807, 2.05) is 13.0 Å². The molecule has 11 heavy (non-hydrogen) atoms. The van der Waals surface area contributed by atoms with Crippen LogP contribution in [0.5, 0.6) is 0 Å². The zero-order valence-electron chi connectivity index (χ0n) is 6.33. The Morgan fingerprint density at radius 3 is 3.09 bits per heavy atom. The van der Waals surface area contributed by atoms with Crippen LogP contribution in [0.15, 0.2) is 12.2 Å². The van der Waals surface area contributed by atoms with Gasteiger partial charge in [-0.1, -0.05) is 12.0 Å². The zero-order valence-corrected chi connectivity index (χ0v) is 6.33. The second kappa shape index (κ2) is 3.67. The summed E-state index contributed by atoms with van der Waals surface area (Å²) in [4.78, 5) is 12.1. The normalized spacial score (nSPS) is 16.5. The second-order valence-corrected chi connectivity index (χ2v) is 2.02. The van der Waals surface area contributed by atoms with Gasteiger partial charge in [-0.25, -0.2) is 9.69 Å².